The first-order chi connectivity index (χ1) is 15.0. The van der Waals surface area contributed by atoms with Crippen molar-refractivity contribution in [2.24, 2.45) is 11.8 Å². The standard InChI is InChI=1S/C25H27FO5/c1-29-24-8-7-19(13-23(24)26)18-3-2-4-20(12-18)31-22-10-17(11-25(27)28)9-21(14-22)30-15-16-5-6-16/h2-4,7-9,13-14,16-18H,5-6,10-12,15H2,1H3,(H,27,28). The summed E-state index contributed by atoms with van der Waals surface area (Å²) >= 11 is 0. The van der Waals surface area contributed by atoms with E-state index in [2.05, 4.69) is 0 Å². The van der Waals surface area contributed by atoms with Crippen LogP contribution in [-0.2, 0) is 14.3 Å². The maximum atomic E-state index is 14.1. The Kier molecular flexibility index (Phi) is 6.44. The van der Waals surface area contributed by atoms with Gasteiger partial charge in [0.1, 0.15) is 17.3 Å². The Morgan fingerprint density at radius 3 is 2.77 bits per heavy atom. The highest BCUT2D eigenvalue weighted by molar-refractivity contribution is 5.67. The third-order valence-electron chi connectivity index (χ3n) is 5.70. The quantitative estimate of drug-likeness (QED) is 0.567. The molecular weight excluding hydrogens is 399 g/mol. The second-order valence-corrected chi connectivity index (χ2v) is 8.32. The molecule has 4 rings (SSSR count). The highest BCUT2D eigenvalue weighted by Crippen LogP contribution is 2.35. The zero-order valence-electron chi connectivity index (χ0n) is 17.6. The third-order valence-corrected chi connectivity index (χ3v) is 5.70. The summed E-state index contributed by atoms with van der Waals surface area (Å²) in [5, 5.41) is 9.22. The maximum Gasteiger partial charge on any atom is 0.303 e. The van der Waals surface area contributed by atoms with E-state index in [-0.39, 0.29) is 29.8 Å². The van der Waals surface area contributed by atoms with Gasteiger partial charge in [0.25, 0.3) is 0 Å². The van der Waals surface area contributed by atoms with Crippen molar-refractivity contribution < 1.29 is 28.5 Å². The number of allylic oxidation sites excluding steroid dienone is 7. The smallest absolute Gasteiger partial charge is 0.303 e. The molecule has 1 aromatic rings. The molecule has 31 heavy (non-hydrogen) atoms. The summed E-state index contributed by atoms with van der Waals surface area (Å²) < 4.78 is 31.2. The summed E-state index contributed by atoms with van der Waals surface area (Å²) in [6.07, 6.45) is 13.1. The average molecular weight is 426 g/mol. The molecule has 1 aromatic carbocycles. The van der Waals surface area contributed by atoms with E-state index in [1.54, 1.807) is 6.07 Å². The number of ether oxygens (including phenoxy) is 3. The molecule has 3 aliphatic carbocycles. The summed E-state index contributed by atoms with van der Waals surface area (Å²) in [5.74, 6) is 1.55. The molecule has 0 aliphatic heterocycles. The SMILES string of the molecule is COc1ccc(C2C=CC=C(OC3=CC(OCC4CC4)=CC(CC(=O)O)C3)C2)cc1F. The Morgan fingerprint density at radius 2 is 2.06 bits per heavy atom. The number of hydrogen-bond acceptors (Lipinski definition) is 4. The minimum atomic E-state index is -0.842. The Balaban J connectivity index is 1.43. The van der Waals surface area contributed by atoms with E-state index < -0.39 is 5.97 Å². The van der Waals surface area contributed by atoms with Gasteiger partial charge in [-0.25, -0.2) is 4.39 Å². The van der Waals surface area contributed by atoms with E-state index in [9.17, 15) is 14.3 Å². The van der Waals surface area contributed by atoms with Crippen molar-refractivity contribution >= 4 is 5.97 Å². The van der Waals surface area contributed by atoms with E-state index in [1.807, 2.05) is 36.4 Å². The summed E-state index contributed by atoms with van der Waals surface area (Å²) in [4.78, 5) is 11.2. The van der Waals surface area contributed by atoms with Gasteiger partial charge in [0, 0.05) is 24.8 Å². The normalized spacial score (nSPS) is 22.8. The van der Waals surface area contributed by atoms with Gasteiger partial charge in [-0.05, 0) is 54.5 Å². The van der Waals surface area contributed by atoms with Gasteiger partial charge in [0.2, 0.25) is 0 Å². The van der Waals surface area contributed by atoms with E-state index in [4.69, 9.17) is 14.2 Å². The van der Waals surface area contributed by atoms with Crippen LogP contribution in [0.4, 0.5) is 4.39 Å². The van der Waals surface area contributed by atoms with E-state index in [1.165, 1.54) is 26.0 Å². The van der Waals surface area contributed by atoms with Crippen molar-refractivity contribution in [3.8, 4) is 5.75 Å². The molecule has 1 N–H and O–H groups in total. The van der Waals surface area contributed by atoms with Crippen LogP contribution in [-0.4, -0.2) is 24.8 Å². The zero-order valence-corrected chi connectivity index (χ0v) is 17.6. The molecule has 0 saturated heterocycles. The van der Waals surface area contributed by atoms with E-state index in [0.29, 0.717) is 36.9 Å². The number of hydrogen-bond donors (Lipinski definition) is 1. The number of rotatable bonds is 9. The molecule has 0 heterocycles. The Labute approximate surface area is 181 Å². The van der Waals surface area contributed by atoms with Gasteiger partial charge in [0.05, 0.1) is 20.1 Å². The fourth-order valence-corrected chi connectivity index (χ4v) is 3.87. The van der Waals surface area contributed by atoms with E-state index >= 15 is 0 Å². The number of carbonyl (C=O) groups is 1. The monoisotopic (exact) mass is 426 g/mol. The number of halogens is 1. The molecule has 1 saturated carbocycles. The minimum absolute atomic E-state index is 0.0134. The van der Waals surface area contributed by atoms with Crippen LogP contribution < -0.4 is 4.74 Å². The molecule has 0 aromatic heterocycles. The summed E-state index contributed by atoms with van der Waals surface area (Å²) in [6, 6.07) is 4.98. The van der Waals surface area contributed by atoms with Crippen LogP contribution >= 0.6 is 0 Å². The summed E-state index contributed by atoms with van der Waals surface area (Å²) in [7, 11) is 1.44. The molecule has 0 spiro atoms. The van der Waals surface area contributed by atoms with Crippen LogP contribution in [0.2, 0.25) is 0 Å². The number of carboxylic acid groups (broad SMARTS) is 1. The Hall–Kier alpha value is -3.02. The van der Waals surface area contributed by atoms with Crippen molar-refractivity contribution in [1.82, 2.24) is 0 Å². The lowest BCUT2D eigenvalue weighted by Gasteiger charge is -2.24. The van der Waals surface area contributed by atoms with Crippen LogP contribution in [0.5, 0.6) is 5.75 Å². The molecule has 2 atom stereocenters. The summed E-state index contributed by atoms with van der Waals surface area (Å²) in [6.45, 7) is 0.659. The highest BCUT2D eigenvalue weighted by atomic mass is 19.1. The summed E-state index contributed by atoms with van der Waals surface area (Å²) in [5.41, 5.74) is 0.846. The third kappa shape index (κ3) is 5.78. The van der Waals surface area contributed by atoms with Crippen LogP contribution in [0, 0.1) is 17.7 Å². The molecule has 0 bridgehead atoms. The second kappa shape index (κ2) is 9.41. The van der Waals surface area contributed by atoms with Gasteiger partial charge in [-0.15, -0.1) is 0 Å². The predicted octanol–water partition coefficient (Wildman–Crippen LogP) is 5.47. The van der Waals surface area contributed by atoms with Gasteiger partial charge in [0.15, 0.2) is 11.6 Å². The molecule has 5 nitrogen and oxygen atoms in total. The number of aliphatic carboxylic acids is 1. The lowest BCUT2D eigenvalue weighted by Crippen LogP contribution is -2.14. The van der Waals surface area contributed by atoms with Gasteiger partial charge in [-0.1, -0.05) is 18.2 Å². The van der Waals surface area contributed by atoms with Crippen LogP contribution in [0.25, 0.3) is 0 Å². The Morgan fingerprint density at radius 1 is 1.23 bits per heavy atom. The zero-order chi connectivity index (χ0) is 21.8. The maximum absolute atomic E-state index is 14.1. The number of benzene rings is 1. The fraction of sp³-hybridized carbons (Fsp3) is 0.400. The fourth-order valence-electron chi connectivity index (χ4n) is 3.87. The molecule has 3 aliphatic rings. The van der Waals surface area contributed by atoms with Crippen molar-refractivity contribution in [3.63, 3.8) is 0 Å². The van der Waals surface area contributed by atoms with Crippen LogP contribution in [0.1, 0.15) is 43.6 Å². The molecule has 1 fully saturated rings. The first-order valence-electron chi connectivity index (χ1n) is 10.7. The first-order valence-corrected chi connectivity index (χ1v) is 10.7. The van der Waals surface area contributed by atoms with Gasteiger partial charge >= 0.3 is 5.97 Å². The molecular formula is C25H27FO5. The minimum Gasteiger partial charge on any atom is -0.494 e. The predicted molar refractivity (Wildman–Crippen MR) is 114 cm³/mol. The van der Waals surface area contributed by atoms with Crippen LogP contribution in [0.15, 0.2) is 65.9 Å². The first kappa shape index (κ1) is 21.2. The molecule has 0 amide bonds. The van der Waals surface area contributed by atoms with Crippen molar-refractivity contribution in [1.29, 1.82) is 0 Å². The van der Waals surface area contributed by atoms with Crippen LogP contribution in [0.3, 0.4) is 0 Å². The lowest BCUT2D eigenvalue weighted by molar-refractivity contribution is -0.137. The highest BCUT2D eigenvalue weighted by Gasteiger charge is 2.25. The average Bonchev–Trinajstić information content (AvgIpc) is 3.56. The number of methoxy groups -OCH3 is 1. The molecule has 2 unspecified atom stereocenters. The molecule has 164 valence electrons. The largest absolute Gasteiger partial charge is 0.494 e. The molecule has 6 heteroatoms. The van der Waals surface area contributed by atoms with Crippen molar-refractivity contribution in [2.45, 2.75) is 38.0 Å². The second-order valence-electron chi connectivity index (χ2n) is 8.32. The van der Waals surface area contributed by atoms with Gasteiger partial charge < -0.3 is 19.3 Å². The lowest BCUT2D eigenvalue weighted by atomic mass is 9.91. The Bertz CT molecular complexity index is 955. The molecule has 0 radical (unpaired) electrons. The van der Waals surface area contributed by atoms with Crippen molar-refractivity contribution in [2.75, 3.05) is 13.7 Å². The van der Waals surface area contributed by atoms with Gasteiger partial charge in [-0.3, -0.25) is 4.79 Å². The topological polar surface area (TPSA) is 65.0 Å². The van der Waals surface area contributed by atoms with Crippen molar-refractivity contribution in [3.05, 3.63) is 77.2 Å². The van der Waals surface area contributed by atoms with Gasteiger partial charge in [-0.2, -0.15) is 0 Å². The number of carboxylic acids is 1. The van der Waals surface area contributed by atoms with E-state index in [0.717, 1.165) is 11.3 Å².